The maximum atomic E-state index is 11.3. The van der Waals surface area contributed by atoms with Crippen molar-refractivity contribution in [3.8, 4) is 5.75 Å². The molecule has 0 radical (unpaired) electrons. The lowest BCUT2D eigenvalue weighted by Gasteiger charge is -2.27. The number of halogens is 1. The third kappa shape index (κ3) is 2.84. The van der Waals surface area contributed by atoms with Crippen LogP contribution in [-0.2, 0) is 0 Å². The number of phenols is 1. The van der Waals surface area contributed by atoms with Gasteiger partial charge in [0.05, 0.1) is 21.1 Å². The topological polar surface area (TPSA) is 91.9 Å². The molecule has 0 amide bonds. The second-order valence-electron chi connectivity index (χ2n) is 6.26. The first kappa shape index (κ1) is 17.3. The molecule has 0 unspecified atom stereocenters. The smallest absolute Gasteiger partial charge is 0.312 e. The lowest BCUT2D eigenvalue weighted by molar-refractivity contribution is -0.386. The van der Waals surface area contributed by atoms with E-state index in [2.05, 4.69) is 32.7 Å². The summed E-state index contributed by atoms with van der Waals surface area (Å²) in [4.78, 5) is 22.2. The van der Waals surface area contributed by atoms with Gasteiger partial charge in [-0.15, -0.1) is 0 Å². The second-order valence-corrected chi connectivity index (χ2v) is 8.52. The molecule has 1 aromatic carbocycles. The van der Waals surface area contributed by atoms with Crippen molar-refractivity contribution in [3.63, 3.8) is 0 Å². The fourth-order valence-corrected chi connectivity index (χ4v) is 4.95. The van der Waals surface area contributed by atoms with Crippen LogP contribution in [0.4, 0.5) is 5.69 Å². The minimum absolute atomic E-state index is 0.201. The van der Waals surface area contributed by atoms with E-state index in [0.29, 0.717) is 9.72 Å². The van der Waals surface area contributed by atoms with Gasteiger partial charge < -0.3 is 10.0 Å². The first-order valence-electron chi connectivity index (χ1n) is 8.04. The minimum Gasteiger partial charge on any atom is -0.501 e. The lowest BCUT2D eigenvalue weighted by atomic mass is 9.96. The maximum absolute atomic E-state index is 11.3. The highest BCUT2D eigenvalue weighted by Crippen LogP contribution is 2.49. The first-order chi connectivity index (χ1) is 12.5. The number of aliphatic imine (C=N–C) groups is 1. The Morgan fingerprint density at radius 2 is 2.23 bits per heavy atom. The summed E-state index contributed by atoms with van der Waals surface area (Å²) in [5.41, 5.74) is 1.23. The zero-order valence-corrected chi connectivity index (χ0v) is 16.1. The fourth-order valence-electron chi connectivity index (χ4n) is 3.39. The van der Waals surface area contributed by atoms with Crippen molar-refractivity contribution in [1.29, 1.82) is 0 Å². The summed E-state index contributed by atoms with van der Waals surface area (Å²) in [6.07, 6.45) is 1.72. The van der Waals surface area contributed by atoms with E-state index in [1.54, 1.807) is 24.0 Å². The molecule has 7 nitrogen and oxygen atoms in total. The van der Waals surface area contributed by atoms with Gasteiger partial charge in [-0.05, 0) is 39.7 Å². The average Bonchev–Trinajstić information content (AvgIpc) is 3.13. The molecule has 1 saturated heterocycles. The van der Waals surface area contributed by atoms with Crippen molar-refractivity contribution in [2.24, 2.45) is 4.99 Å². The normalized spacial score (nSPS) is 24.5. The number of rotatable bonds is 3. The quantitative estimate of drug-likeness (QED) is 0.578. The van der Waals surface area contributed by atoms with Crippen molar-refractivity contribution in [2.45, 2.75) is 24.3 Å². The molecule has 3 heterocycles. The van der Waals surface area contributed by atoms with Gasteiger partial charge in [0, 0.05) is 24.1 Å². The predicted octanol–water partition coefficient (Wildman–Crippen LogP) is 4.05. The number of phenolic OH excluding ortho intramolecular Hbond substituents is 1. The van der Waals surface area contributed by atoms with Crippen LogP contribution < -0.4 is 0 Å². The molecule has 2 aromatic rings. The minimum atomic E-state index is -0.572. The van der Waals surface area contributed by atoms with E-state index in [9.17, 15) is 15.2 Å². The largest absolute Gasteiger partial charge is 0.501 e. The van der Waals surface area contributed by atoms with Gasteiger partial charge in [0.25, 0.3) is 0 Å². The highest BCUT2D eigenvalue weighted by atomic mass is 79.9. The first-order valence-corrected chi connectivity index (χ1v) is 9.72. The van der Waals surface area contributed by atoms with E-state index < -0.39 is 4.92 Å². The van der Waals surface area contributed by atoms with Crippen molar-refractivity contribution in [1.82, 2.24) is 9.88 Å². The number of benzene rings is 1. The molecule has 1 N–H and O–H groups in total. The summed E-state index contributed by atoms with van der Waals surface area (Å²) < 4.78 is 0.301. The van der Waals surface area contributed by atoms with Crippen LogP contribution in [0, 0.1) is 10.1 Å². The Morgan fingerprint density at radius 3 is 2.92 bits per heavy atom. The number of nitro benzene ring substituents is 1. The van der Waals surface area contributed by atoms with Gasteiger partial charge in [0.15, 0.2) is 5.17 Å². The number of aromatic hydroxyl groups is 1. The van der Waals surface area contributed by atoms with Crippen LogP contribution in [-0.4, -0.2) is 36.9 Å². The van der Waals surface area contributed by atoms with Gasteiger partial charge >= 0.3 is 5.69 Å². The number of hydrogen-bond acceptors (Lipinski definition) is 7. The van der Waals surface area contributed by atoms with Crippen molar-refractivity contribution < 1.29 is 10.0 Å². The molecule has 0 bridgehead atoms. The molecule has 1 fully saturated rings. The molecule has 0 saturated carbocycles. The molecular weight excluding hydrogens is 420 g/mol. The van der Waals surface area contributed by atoms with Gasteiger partial charge in [0.2, 0.25) is 5.75 Å². The molecule has 134 valence electrons. The van der Waals surface area contributed by atoms with Crippen LogP contribution >= 0.6 is 27.7 Å². The van der Waals surface area contributed by atoms with E-state index in [1.807, 2.05) is 18.2 Å². The summed E-state index contributed by atoms with van der Waals surface area (Å²) in [6.45, 7) is 2.94. The van der Waals surface area contributed by atoms with E-state index in [0.717, 1.165) is 23.0 Å². The Balaban J connectivity index is 1.84. The van der Waals surface area contributed by atoms with Crippen molar-refractivity contribution >= 4 is 38.5 Å². The van der Waals surface area contributed by atoms with E-state index in [4.69, 9.17) is 4.99 Å². The molecule has 0 aliphatic carbocycles. The Bertz CT molecular complexity index is 908. The number of pyridine rings is 1. The summed E-state index contributed by atoms with van der Waals surface area (Å²) in [6, 6.07) is 8.40. The van der Waals surface area contributed by atoms with Crippen LogP contribution in [0.25, 0.3) is 0 Å². The average molecular weight is 435 g/mol. The van der Waals surface area contributed by atoms with Gasteiger partial charge in [-0.3, -0.25) is 20.1 Å². The monoisotopic (exact) mass is 434 g/mol. The Labute approximate surface area is 162 Å². The van der Waals surface area contributed by atoms with Crippen molar-refractivity contribution in [2.75, 3.05) is 6.54 Å². The number of thioether (sulfide) groups is 1. The Hall–Kier alpha value is -2.13. The molecule has 3 atom stereocenters. The second kappa shape index (κ2) is 6.55. The maximum Gasteiger partial charge on any atom is 0.312 e. The molecule has 2 aliphatic rings. The predicted molar refractivity (Wildman–Crippen MR) is 103 cm³/mol. The van der Waals surface area contributed by atoms with Crippen LogP contribution in [0.1, 0.15) is 30.3 Å². The zero-order valence-electron chi connectivity index (χ0n) is 13.7. The number of fused-ring (bicyclic) bond motifs is 1. The van der Waals surface area contributed by atoms with Crippen LogP contribution in [0.15, 0.2) is 46.0 Å². The summed E-state index contributed by atoms with van der Waals surface area (Å²) in [5.74, 6) is -0.364. The van der Waals surface area contributed by atoms with Crippen LogP contribution in [0.3, 0.4) is 0 Å². The molecule has 9 heteroatoms. The summed E-state index contributed by atoms with van der Waals surface area (Å²) >= 11 is 4.95. The van der Waals surface area contributed by atoms with Gasteiger partial charge in [-0.2, -0.15) is 0 Å². The van der Waals surface area contributed by atoms with Gasteiger partial charge in [-0.1, -0.05) is 24.8 Å². The number of nitrogens with zero attached hydrogens (tertiary/aromatic N) is 4. The molecule has 4 rings (SSSR count). The highest BCUT2D eigenvalue weighted by Gasteiger charge is 2.44. The number of hydrogen-bond donors (Lipinski definition) is 1. The third-order valence-electron chi connectivity index (χ3n) is 4.49. The highest BCUT2D eigenvalue weighted by molar-refractivity contribution is 9.10. The lowest BCUT2D eigenvalue weighted by Crippen LogP contribution is -2.28. The zero-order chi connectivity index (χ0) is 18.4. The van der Waals surface area contributed by atoms with Crippen LogP contribution in [0.5, 0.6) is 5.75 Å². The van der Waals surface area contributed by atoms with Gasteiger partial charge in [0.1, 0.15) is 6.04 Å². The molecule has 26 heavy (non-hydrogen) atoms. The third-order valence-corrected chi connectivity index (χ3v) is 6.19. The van der Waals surface area contributed by atoms with E-state index >= 15 is 0 Å². The number of amidine groups is 1. The Kier molecular flexibility index (Phi) is 4.36. The summed E-state index contributed by atoms with van der Waals surface area (Å²) in [7, 11) is 0. The standard InChI is InChI=1S/C17H15BrN4O3S/c1-9-8-21-15(10-6-11(18)16(23)13(7-10)22(24)25)14(20-17(21)26-9)12-4-2-3-5-19-12/h2-7,9,14-15,23H,8H2,1H3/t9-,14+,15+/m1/s1. The SMILES string of the molecule is C[C@@H]1CN2C(=N[C@@H](c3ccccn3)[C@@H]2c2cc(Br)c(O)c([N+](=O)[O-])c2)S1. The van der Waals surface area contributed by atoms with Crippen molar-refractivity contribution in [3.05, 3.63) is 62.4 Å². The molecular formula is C17H15BrN4O3S. The molecule has 1 aromatic heterocycles. The molecule has 0 spiro atoms. The van der Waals surface area contributed by atoms with E-state index in [-0.39, 0.29) is 23.5 Å². The fraction of sp³-hybridized carbons (Fsp3) is 0.294. The molecule has 2 aliphatic heterocycles. The number of aromatic nitrogens is 1. The van der Waals surface area contributed by atoms with Gasteiger partial charge in [-0.25, -0.2) is 0 Å². The van der Waals surface area contributed by atoms with E-state index in [1.165, 1.54) is 6.07 Å². The number of nitro groups is 1. The summed E-state index contributed by atoms with van der Waals surface area (Å²) in [5, 5.41) is 22.7. The van der Waals surface area contributed by atoms with Crippen LogP contribution in [0.2, 0.25) is 0 Å². The Morgan fingerprint density at radius 1 is 1.42 bits per heavy atom.